The Bertz CT molecular complexity index is 791. The Balaban J connectivity index is 1.67. The molecule has 0 unspecified atom stereocenters. The molecule has 0 saturated carbocycles. The lowest BCUT2D eigenvalue weighted by molar-refractivity contribution is 0.0948. The summed E-state index contributed by atoms with van der Waals surface area (Å²) in [6, 6.07) is 14.2. The molecular weight excluding hydrogens is 308 g/mol. The predicted octanol–water partition coefficient (Wildman–Crippen LogP) is 3.85. The van der Waals surface area contributed by atoms with E-state index in [1.54, 1.807) is 0 Å². The third kappa shape index (κ3) is 3.63. The number of hydrogen-bond donors (Lipinski definition) is 1. The molecule has 1 N–H and O–H groups in total. The fraction of sp³-hybridized carbons (Fsp3) is 0.278. The maximum atomic E-state index is 12.2. The van der Waals surface area contributed by atoms with Gasteiger partial charge in [-0.15, -0.1) is 11.3 Å². The lowest BCUT2D eigenvalue weighted by Gasteiger charge is -2.04. The normalized spacial score (nSPS) is 11.0. The molecule has 0 bridgehead atoms. The molecule has 0 saturated heterocycles. The van der Waals surface area contributed by atoms with Crippen LogP contribution in [-0.4, -0.2) is 30.2 Å². The number of nitrogens with zero attached hydrogens (tertiary/aromatic N) is 1. The van der Waals surface area contributed by atoms with Crippen LogP contribution < -0.4 is 5.32 Å². The largest absolute Gasteiger partial charge is 0.382 e. The minimum atomic E-state index is -0.0192. The second-order valence-corrected chi connectivity index (χ2v) is 6.25. The van der Waals surface area contributed by atoms with Crippen molar-refractivity contribution in [3.8, 4) is 5.00 Å². The number of benzene rings is 1. The molecule has 5 heteroatoms. The molecule has 0 aliphatic carbocycles. The Kier molecular flexibility index (Phi) is 5.10. The maximum Gasteiger partial charge on any atom is 0.261 e. The van der Waals surface area contributed by atoms with Gasteiger partial charge >= 0.3 is 0 Å². The quantitative estimate of drug-likeness (QED) is 0.670. The molecule has 0 radical (unpaired) electrons. The van der Waals surface area contributed by atoms with Crippen molar-refractivity contribution in [2.75, 3.05) is 19.8 Å². The number of amides is 1. The first-order valence-electron chi connectivity index (χ1n) is 7.82. The number of hydrogen-bond acceptors (Lipinski definition) is 3. The van der Waals surface area contributed by atoms with Crippen molar-refractivity contribution in [2.45, 2.75) is 13.3 Å². The monoisotopic (exact) mass is 328 g/mol. The molecule has 1 amide bonds. The summed E-state index contributed by atoms with van der Waals surface area (Å²) in [5, 5.41) is 5.18. The zero-order valence-corrected chi connectivity index (χ0v) is 13.9. The fourth-order valence-electron chi connectivity index (χ4n) is 2.46. The van der Waals surface area contributed by atoms with Crippen molar-refractivity contribution in [1.82, 2.24) is 9.88 Å². The van der Waals surface area contributed by atoms with Crippen LogP contribution in [0.1, 0.15) is 23.0 Å². The van der Waals surface area contributed by atoms with Gasteiger partial charge in [0.05, 0.1) is 10.4 Å². The second kappa shape index (κ2) is 7.44. The minimum absolute atomic E-state index is 0.0192. The first-order valence-corrected chi connectivity index (χ1v) is 8.63. The van der Waals surface area contributed by atoms with Crippen LogP contribution in [0.15, 0.2) is 48.7 Å². The highest BCUT2D eigenvalue weighted by atomic mass is 32.1. The maximum absolute atomic E-state index is 12.2. The van der Waals surface area contributed by atoms with Crippen molar-refractivity contribution in [3.63, 3.8) is 0 Å². The van der Waals surface area contributed by atoms with E-state index in [2.05, 4.69) is 28.1 Å². The van der Waals surface area contributed by atoms with Gasteiger partial charge in [-0.3, -0.25) is 4.79 Å². The van der Waals surface area contributed by atoms with Crippen LogP contribution in [0.5, 0.6) is 0 Å². The first kappa shape index (κ1) is 15.8. The van der Waals surface area contributed by atoms with Crippen LogP contribution in [-0.2, 0) is 4.74 Å². The number of thiophene rings is 1. The predicted molar refractivity (Wildman–Crippen MR) is 94.6 cm³/mol. The minimum Gasteiger partial charge on any atom is -0.382 e. The summed E-state index contributed by atoms with van der Waals surface area (Å²) in [7, 11) is 0. The Labute approximate surface area is 139 Å². The van der Waals surface area contributed by atoms with Gasteiger partial charge in [-0.2, -0.15) is 0 Å². The van der Waals surface area contributed by atoms with Crippen LogP contribution in [0.4, 0.5) is 0 Å². The van der Waals surface area contributed by atoms with E-state index in [0.29, 0.717) is 19.8 Å². The molecule has 120 valence electrons. The summed E-state index contributed by atoms with van der Waals surface area (Å²) in [5.41, 5.74) is 1.15. The Morgan fingerprint density at radius 3 is 2.96 bits per heavy atom. The summed E-state index contributed by atoms with van der Waals surface area (Å²) in [6.45, 7) is 4.00. The zero-order chi connectivity index (χ0) is 16.1. The number of nitrogens with one attached hydrogen (secondary N) is 1. The van der Waals surface area contributed by atoms with Crippen LogP contribution in [0.25, 0.3) is 15.9 Å². The molecule has 0 spiro atoms. The number of ether oxygens (including phenoxy) is 1. The van der Waals surface area contributed by atoms with E-state index in [-0.39, 0.29) is 5.91 Å². The van der Waals surface area contributed by atoms with E-state index in [1.165, 1.54) is 16.7 Å². The summed E-state index contributed by atoms with van der Waals surface area (Å²) in [5.74, 6) is -0.0192. The smallest absolute Gasteiger partial charge is 0.261 e. The van der Waals surface area contributed by atoms with Gasteiger partial charge in [-0.1, -0.05) is 18.2 Å². The van der Waals surface area contributed by atoms with Gasteiger partial charge < -0.3 is 14.6 Å². The van der Waals surface area contributed by atoms with Gasteiger partial charge in [0.1, 0.15) is 5.00 Å². The molecule has 2 aromatic heterocycles. The van der Waals surface area contributed by atoms with Gasteiger partial charge in [0, 0.05) is 26.0 Å². The average molecular weight is 328 g/mol. The van der Waals surface area contributed by atoms with E-state index in [9.17, 15) is 4.79 Å². The van der Waals surface area contributed by atoms with Crippen molar-refractivity contribution in [1.29, 1.82) is 0 Å². The lowest BCUT2D eigenvalue weighted by Crippen LogP contribution is -2.24. The molecule has 2 heterocycles. The third-order valence-corrected chi connectivity index (χ3v) is 4.69. The lowest BCUT2D eigenvalue weighted by atomic mass is 10.2. The van der Waals surface area contributed by atoms with Crippen LogP contribution >= 0.6 is 11.3 Å². The average Bonchev–Trinajstić information content (AvgIpc) is 3.21. The van der Waals surface area contributed by atoms with Gasteiger partial charge in [-0.05, 0) is 43.0 Å². The second-order valence-electron chi connectivity index (χ2n) is 5.19. The molecule has 0 atom stereocenters. The van der Waals surface area contributed by atoms with Crippen molar-refractivity contribution < 1.29 is 9.53 Å². The Hall–Kier alpha value is -2.11. The number of aromatic nitrogens is 1. The molecular formula is C18H20N2O2S. The number of para-hydroxylation sites is 1. The highest BCUT2D eigenvalue weighted by molar-refractivity contribution is 7.16. The van der Waals surface area contributed by atoms with Crippen LogP contribution in [0.3, 0.4) is 0 Å². The summed E-state index contributed by atoms with van der Waals surface area (Å²) in [4.78, 5) is 12.9. The zero-order valence-electron chi connectivity index (χ0n) is 13.1. The SMILES string of the molecule is CCOCCCNC(=O)c1ccc(-n2ccc3ccccc32)s1. The molecule has 23 heavy (non-hydrogen) atoms. The van der Waals surface area contributed by atoms with Crippen LogP contribution in [0, 0.1) is 0 Å². The fourth-order valence-corrected chi connectivity index (χ4v) is 3.38. The van der Waals surface area contributed by atoms with Gasteiger partial charge in [0.15, 0.2) is 0 Å². The Morgan fingerprint density at radius 2 is 2.09 bits per heavy atom. The molecule has 4 nitrogen and oxygen atoms in total. The van der Waals surface area contributed by atoms with Gasteiger partial charge in [-0.25, -0.2) is 0 Å². The molecule has 3 rings (SSSR count). The molecule has 0 fully saturated rings. The van der Waals surface area contributed by atoms with Crippen molar-refractivity contribution >= 4 is 28.1 Å². The summed E-state index contributed by atoms with van der Waals surface area (Å²) < 4.78 is 7.38. The van der Waals surface area contributed by atoms with E-state index >= 15 is 0 Å². The molecule has 3 aromatic rings. The van der Waals surface area contributed by atoms with E-state index in [1.807, 2.05) is 37.4 Å². The molecule has 1 aromatic carbocycles. The molecule has 0 aliphatic rings. The van der Waals surface area contributed by atoms with Crippen molar-refractivity contribution in [2.24, 2.45) is 0 Å². The number of carbonyl (C=O) groups excluding carboxylic acids is 1. The summed E-state index contributed by atoms with van der Waals surface area (Å²) >= 11 is 1.50. The van der Waals surface area contributed by atoms with E-state index in [4.69, 9.17) is 4.74 Å². The third-order valence-electron chi connectivity index (χ3n) is 3.61. The van der Waals surface area contributed by atoms with E-state index in [0.717, 1.165) is 21.8 Å². The first-order chi connectivity index (χ1) is 11.3. The van der Waals surface area contributed by atoms with E-state index < -0.39 is 0 Å². The van der Waals surface area contributed by atoms with Gasteiger partial charge in [0.25, 0.3) is 5.91 Å². The topological polar surface area (TPSA) is 43.3 Å². The molecule has 0 aliphatic heterocycles. The number of carbonyl (C=O) groups is 1. The highest BCUT2D eigenvalue weighted by Crippen LogP contribution is 2.26. The number of rotatable bonds is 7. The number of fused-ring (bicyclic) bond motifs is 1. The van der Waals surface area contributed by atoms with Gasteiger partial charge in [0.2, 0.25) is 0 Å². The summed E-state index contributed by atoms with van der Waals surface area (Å²) in [6.07, 6.45) is 2.88. The van der Waals surface area contributed by atoms with Crippen molar-refractivity contribution in [3.05, 3.63) is 53.5 Å². The standard InChI is InChI=1S/C18H20N2O2S/c1-2-22-13-5-11-19-18(21)16-8-9-17(23-16)20-12-10-14-6-3-4-7-15(14)20/h3-4,6-10,12H,2,5,11,13H2,1H3,(H,19,21). The van der Waals surface area contributed by atoms with Crippen LogP contribution in [0.2, 0.25) is 0 Å². The highest BCUT2D eigenvalue weighted by Gasteiger charge is 2.11. The Morgan fingerprint density at radius 1 is 1.22 bits per heavy atom.